The molecule has 0 atom stereocenters. The first kappa shape index (κ1) is 17.5. The first-order valence-corrected chi connectivity index (χ1v) is 9.46. The fourth-order valence-electron chi connectivity index (χ4n) is 2.53. The number of aryl methyl sites for hydroxylation is 1. The maximum Gasteiger partial charge on any atom is 0.253 e. The minimum absolute atomic E-state index is 0.0840. The lowest BCUT2D eigenvalue weighted by atomic mass is 10.2. The second-order valence-electron chi connectivity index (χ2n) is 5.71. The fourth-order valence-corrected chi connectivity index (χ4v) is 3.55. The zero-order valence-electron chi connectivity index (χ0n) is 13.0. The first-order valence-electron chi connectivity index (χ1n) is 7.81. The molecule has 1 aromatic rings. The van der Waals surface area contributed by atoms with Crippen molar-refractivity contribution in [2.45, 2.75) is 32.1 Å². The van der Waals surface area contributed by atoms with Gasteiger partial charge in [-0.25, -0.2) is 8.42 Å². The standard InChI is InChI=1S/C16H22N2O4S/c19-15(13-18-11-6-2-5-9-16(18)20)17-23(21,22)12-10-14-7-3-1-4-8-14/h1,3-4,7-8H,2,5-6,9-13H2,(H,17,19). The van der Waals surface area contributed by atoms with Crippen molar-refractivity contribution >= 4 is 21.8 Å². The summed E-state index contributed by atoms with van der Waals surface area (Å²) in [5.41, 5.74) is 0.896. The van der Waals surface area contributed by atoms with Crippen molar-refractivity contribution in [3.63, 3.8) is 0 Å². The van der Waals surface area contributed by atoms with Gasteiger partial charge in [0.2, 0.25) is 15.9 Å². The van der Waals surface area contributed by atoms with Crippen LogP contribution in [-0.4, -0.2) is 44.0 Å². The summed E-state index contributed by atoms with van der Waals surface area (Å²) < 4.78 is 26.0. The van der Waals surface area contributed by atoms with Crippen LogP contribution in [0.1, 0.15) is 31.2 Å². The van der Waals surface area contributed by atoms with Gasteiger partial charge in [0.05, 0.1) is 5.75 Å². The second kappa shape index (κ2) is 8.10. The van der Waals surface area contributed by atoms with E-state index in [1.54, 1.807) is 0 Å². The monoisotopic (exact) mass is 338 g/mol. The number of hydrogen-bond acceptors (Lipinski definition) is 4. The number of hydrogen-bond donors (Lipinski definition) is 1. The summed E-state index contributed by atoms with van der Waals surface area (Å²) in [5, 5.41) is 0. The highest BCUT2D eigenvalue weighted by atomic mass is 32.2. The van der Waals surface area contributed by atoms with Crippen LogP contribution in [0.4, 0.5) is 0 Å². The van der Waals surface area contributed by atoms with Gasteiger partial charge in [0, 0.05) is 13.0 Å². The Morgan fingerprint density at radius 3 is 2.61 bits per heavy atom. The molecule has 0 aromatic heterocycles. The van der Waals surface area contributed by atoms with E-state index in [2.05, 4.69) is 4.72 Å². The Labute approximate surface area is 136 Å². The van der Waals surface area contributed by atoms with Crippen LogP contribution in [0.2, 0.25) is 0 Å². The fraction of sp³-hybridized carbons (Fsp3) is 0.500. The molecule has 0 aliphatic carbocycles. The number of amides is 2. The lowest BCUT2D eigenvalue weighted by molar-refractivity contribution is -0.135. The van der Waals surface area contributed by atoms with Crippen LogP contribution in [0.3, 0.4) is 0 Å². The Balaban J connectivity index is 1.84. The number of nitrogens with one attached hydrogen (secondary N) is 1. The van der Waals surface area contributed by atoms with Gasteiger partial charge >= 0.3 is 0 Å². The third-order valence-electron chi connectivity index (χ3n) is 3.78. The summed E-state index contributed by atoms with van der Waals surface area (Å²) in [6.45, 7) is 0.319. The molecule has 0 bridgehead atoms. The molecule has 1 heterocycles. The van der Waals surface area contributed by atoms with Gasteiger partial charge in [-0.2, -0.15) is 0 Å². The minimum atomic E-state index is -3.69. The van der Waals surface area contributed by atoms with Crippen LogP contribution < -0.4 is 4.72 Å². The van der Waals surface area contributed by atoms with Gasteiger partial charge in [-0.3, -0.25) is 14.3 Å². The Kier molecular flexibility index (Phi) is 6.15. The number of nitrogens with zero attached hydrogens (tertiary/aromatic N) is 1. The van der Waals surface area contributed by atoms with E-state index >= 15 is 0 Å². The number of likely N-dealkylation sites (tertiary alicyclic amines) is 1. The van der Waals surface area contributed by atoms with E-state index in [1.807, 2.05) is 30.3 Å². The van der Waals surface area contributed by atoms with E-state index in [4.69, 9.17) is 0 Å². The lowest BCUT2D eigenvalue weighted by Gasteiger charge is -2.19. The highest BCUT2D eigenvalue weighted by molar-refractivity contribution is 7.90. The number of sulfonamides is 1. The highest BCUT2D eigenvalue weighted by Crippen LogP contribution is 2.10. The van der Waals surface area contributed by atoms with Gasteiger partial charge in [0.1, 0.15) is 6.54 Å². The van der Waals surface area contributed by atoms with Gasteiger partial charge in [0.15, 0.2) is 0 Å². The second-order valence-corrected chi connectivity index (χ2v) is 7.55. The van der Waals surface area contributed by atoms with E-state index in [-0.39, 0.29) is 18.2 Å². The Hall–Kier alpha value is -1.89. The van der Waals surface area contributed by atoms with Crippen molar-refractivity contribution < 1.29 is 18.0 Å². The van der Waals surface area contributed by atoms with Gasteiger partial charge in [-0.1, -0.05) is 36.8 Å². The summed E-state index contributed by atoms with van der Waals surface area (Å²) in [6.07, 6.45) is 3.39. The molecule has 1 aliphatic rings. The number of rotatable bonds is 6. The lowest BCUT2D eigenvalue weighted by Crippen LogP contribution is -2.43. The maximum atomic E-state index is 12.0. The Morgan fingerprint density at radius 2 is 1.87 bits per heavy atom. The summed E-state index contributed by atoms with van der Waals surface area (Å²) in [6, 6.07) is 9.22. The van der Waals surface area contributed by atoms with Gasteiger partial charge in [-0.15, -0.1) is 0 Å². The summed E-state index contributed by atoms with van der Waals surface area (Å²) in [7, 11) is -3.69. The number of carbonyl (C=O) groups is 2. The van der Waals surface area contributed by atoms with Crippen molar-refractivity contribution in [2.75, 3.05) is 18.8 Å². The molecular weight excluding hydrogens is 316 g/mol. The number of benzene rings is 1. The predicted octanol–water partition coefficient (Wildman–Crippen LogP) is 1.08. The topological polar surface area (TPSA) is 83.6 Å². The Morgan fingerprint density at radius 1 is 1.13 bits per heavy atom. The van der Waals surface area contributed by atoms with Crippen molar-refractivity contribution in [3.8, 4) is 0 Å². The summed E-state index contributed by atoms with van der Waals surface area (Å²) in [4.78, 5) is 25.2. The maximum absolute atomic E-state index is 12.0. The minimum Gasteiger partial charge on any atom is -0.333 e. The normalized spacial score (nSPS) is 16.0. The molecule has 1 N–H and O–H groups in total. The van der Waals surface area contributed by atoms with Crippen LogP contribution in [0.5, 0.6) is 0 Å². The molecule has 6 nitrogen and oxygen atoms in total. The van der Waals surface area contributed by atoms with Gasteiger partial charge < -0.3 is 4.90 Å². The third kappa shape index (κ3) is 6.02. The summed E-state index contributed by atoms with van der Waals surface area (Å²) in [5.74, 6) is -0.885. The molecule has 1 fully saturated rings. The molecule has 0 saturated carbocycles. The molecule has 1 aromatic carbocycles. The summed E-state index contributed by atoms with van der Waals surface area (Å²) >= 11 is 0. The van der Waals surface area contributed by atoms with Gasteiger partial charge in [0.25, 0.3) is 5.91 Å². The smallest absolute Gasteiger partial charge is 0.253 e. The quantitative estimate of drug-likeness (QED) is 0.841. The van der Waals surface area contributed by atoms with Crippen LogP contribution in [0, 0.1) is 0 Å². The molecular formula is C16H22N2O4S. The van der Waals surface area contributed by atoms with Crippen LogP contribution in [0.25, 0.3) is 0 Å². The molecule has 2 amide bonds. The molecule has 2 rings (SSSR count). The molecule has 23 heavy (non-hydrogen) atoms. The zero-order chi connectivity index (χ0) is 16.7. The number of carbonyl (C=O) groups excluding carboxylic acids is 2. The molecule has 1 saturated heterocycles. The first-order chi connectivity index (χ1) is 11.0. The molecule has 0 radical (unpaired) electrons. The molecule has 0 spiro atoms. The van der Waals surface area contributed by atoms with Crippen LogP contribution in [-0.2, 0) is 26.0 Å². The van der Waals surface area contributed by atoms with Crippen molar-refractivity contribution in [1.29, 1.82) is 0 Å². The predicted molar refractivity (Wildman–Crippen MR) is 87.1 cm³/mol. The van der Waals surface area contributed by atoms with E-state index in [0.29, 0.717) is 19.4 Å². The molecule has 126 valence electrons. The van der Waals surface area contributed by atoms with Crippen LogP contribution >= 0.6 is 0 Å². The van der Waals surface area contributed by atoms with Gasteiger partial charge in [-0.05, 0) is 24.8 Å². The van der Waals surface area contributed by atoms with E-state index in [1.165, 1.54) is 4.90 Å². The molecule has 7 heteroatoms. The SMILES string of the molecule is O=C(CN1CCCCCC1=O)NS(=O)(=O)CCc1ccccc1. The molecule has 1 aliphatic heterocycles. The van der Waals surface area contributed by atoms with E-state index in [9.17, 15) is 18.0 Å². The third-order valence-corrected chi connectivity index (χ3v) is 5.06. The Bertz CT molecular complexity index is 643. The zero-order valence-corrected chi connectivity index (χ0v) is 13.8. The average Bonchev–Trinajstić information content (AvgIpc) is 2.71. The largest absolute Gasteiger partial charge is 0.333 e. The molecule has 0 unspecified atom stereocenters. The van der Waals surface area contributed by atoms with Crippen molar-refractivity contribution in [1.82, 2.24) is 9.62 Å². The van der Waals surface area contributed by atoms with E-state index in [0.717, 1.165) is 24.8 Å². The highest BCUT2D eigenvalue weighted by Gasteiger charge is 2.21. The van der Waals surface area contributed by atoms with Crippen LogP contribution in [0.15, 0.2) is 30.3 Å². The van der Waals surface area contributed by atoms with E-state index < -0.39 is 15.9 Å². The van der Waals surface area contributed by atoms with Crippen molar-refractivity contribution in [2.24, 2.45) is 0 Å². The van der Waals surface area contributed by atoms with Crippen molar-refractivity contribution in [3.05, 3.63) is 35.9 Å². The average molecular weight is 338 g/mol.